The first-order valence-electron chi connectivity index (χ1n) is 24.3. The number of para-hydroxylation sites is 1. The number of hydrogen-bond donors (Lipinski definition) is 0. The number of hydrogen-bond acceptors (Lipinski definition) is 4. The van der Waals surface area contributed by atoms with Crippen LogP contribution in [0, 0.1) is 13.8 Å². The van der Waals surface area contributed by atoms with Gasteiger partial charge in [-0.2, -0.15) is 5.10 Å². The zero-order chi connectivity index (χ0) is 49.9. The Morgan fingerprint density at radius 3 is 1.73 bits per heavy atom. The molecule has 0 radical (unpaired) electrons. The summed E-state index contributed by atoms with van der Waals surface area (Å²) in [4.78, 5) is 13.3. The third kappa shape index (κ3) is 14.0. The van der Waals surface area contributed by atoms with Gasteiger partial charge < -0.3 is 0 Å². The monoisotopic (exact) mass is 970 g/mol. The molecule has 0 saturated carbocycles. The number of nitrogens with zero attached hydrogens (tertiary/aromatic N) is 5. The van der Waals surface area contributed by atoms with E-state index in [9.17, 15) is 0 Å². The molecule has 6 aromatic carbocycles. The summed E-state index contributed by atoms with van der Waals surface area (Å²) in [5.74, 6) is 2.64. The van der Waals surface area contributed by atoms with Crippen molar-refractivity contribution in [2.24, 2.45) is 7.05 Å². The second-order valence-corrected chi connectivity index (χ2v) is 20.4. The molecule has 0 spiro atoms. The van der Waals surface area contributed by atoms with Crippen LogP contribution in [0.3, 0.4) is 0 Å². The van der Waals surface area contributed by atoms with Crippen molar-refractivity contribution in [2.45, 2.75) is 120 Å². The van der Waals surface area contributed by atoms with Crippen molar-refractivity contribution in [1.82, 2.24) is 24.7 Å². The molecule has 4 aromatic heterocycles. The van der Waals surface area contributed by atoms with Gasteiger partial charge in [0.2, 0.25) is 0 Å². The molecule has 0 N–H and O–H groups in total. The van der Waals surface area contributed by atoms with Crippen molar-refractivity contribution >= 4 is 77.6 Å². The van der Waals surface area contributed by atoms with Crippen LogP contribution in [0.2, 0.25) is 10.0 Å². The first-order valence-corrected chi connectivity index (χ1v) is 25.0. The minimum Gasteiger partial charge on any atom is -0.268 e. The average Bonchev–Trinajstić information content (AvgIpc) is 3.70. The van der Waals surface area contributed by atoms with Crippen molar-refractivity contribution in [1.29, 1.82) is 0 Å². The average molecular weight is 971 g/mol. The molecule has 10 aromatic rings. The van der Waals surface area contributed by atoms with Gasteiger partial charge in [0, 0.05) is 57.2 Å². The lowest BCUT2D eigenvalue weighted by molar-refractivity contribution is 0.796. The van der Waals surface area contributed by atoms with E-state index in [0.29, 0.717) is 29.6 Å². The fourth-order valence-corrected chi connectivity index (χ4v) is 8.96. The summed E-state index contributed by atoms with van der Waals surface area (Å²) in [5.41, 5.74) is 13.6. The highest BCUT2D eigenvalue weighted by Gasteiger charge is 2.10. The predicted molar refractivity (Wildman–Crippen MR) is 307 cm³/mol. The largest absolute Gasteiger partial charge is 0.268 e. The summed E-state index contributed by atoms with van der Waals surface area (Å²) in [6, 6.07) is 44.1. The van der Waals surface area contributed by atoms with E-state index in [-0.39, 0.29) is 7.43 Å². The van der Waals surface area contributed by atoms with Crippen molar-refractivity contribution in [2.75, 3.05) is 0 Å². The smallest absolute Gasteiger partial charge is 0.0737 e. The fourth-order valence-electron chi connectivity index (χ4n) is 8.49. The molecule has 0 saturated heterocycles. The lowest BCUT2D eigenvalue weighted by Gasteiger charge is -2.10. The maximum absolute atomic E-state index is 6.07. The van der Waals surface area contributed by atoms with Gasteiger partial charge in [-0.25, -0.2) is 0 Å². The van der Waals surface area contributed by atoms with Gasteiger partial charge in [0.25, 0.3) is 0 Å². The molecule has 0 amide bonds. The topological polar surface area (TPSA) is 56.5 Å². The Labute approximate surface area is 428 Å². The van der Waals surface area contributed by atoms with E-state index in [4.69, 9.17) is 23.2 Å². The summed E-state index contributed by atoms with van der Waals surface area (Å²) in [5, 5.41) is 13.2. The molecule has 0 atom stereocenters. The molecule has 7 heteroatoms. The van der Waals surface area contributed by atoms with Crippen molar-refractivity contribution in [3.8, 4) is 0 Å². The van der Waals surface area contributed by atoms with Crippen LogP contribution in [-0.4, -0.2) is 24.7 Å². The van der Waals surface area contributed by atoms with Crippen LogP contribution < -0.4 is 0 Å². The van der Waals surface area contributed by atoms with Gasteiger partial charge in [0.1, 0.15) is 0 Å². The Hall–Kier alpha value is -6.14. The second kappa shape index (κ2) is 25.1. The van der Waals surface area contributed by atoms with Gasteiger partial charge in [-0.3, -0.25) is 19.6 Å². The minimum atomic E-state index is 0. The van der Waals surface area contributed by atoms with Crippen LogP contribution in [0.5, 0.6) is 0 Å². The molecule has 4 heterocycles. The van der Waals surface area contributed by atoms with Gasteiger partial charge in [-0.05, 0) is 154 Å². The molecule has 70 heavy (non-hydrogen) atoms. The van der Waals surface area contributed by atoms with Crippen molar-refractivity contribution < 1.29 is 0 Å². The van der Waals surface area contributed by atoms with Crippen molar-refractivity contribution in [3.05, 3.63) is 201 Å². The van der Waals surface area contributed by atoms with Crippen LogP contribution in [-0.2, 0) is 7.05 Å². The molecule has 0 aliphatic carbocycles. The lowest BCUT2D eigenvalue weighted by atomic mass is 9.96. The highest BCUT2D eigenvalue weighted by Crippen LogP contribution is 2.30. The molecule has 10 rings (SSSR count). The van der Waals surface area contributed by atoms with Gasteiger partial charge in [-0.15, -0.1) is 0 Å². The summed E-state index contributed by atoms with van der Waals surface area (Å²) < 4.78 is 1.90. The second-order valence-electron chi connectivity index (χ2n) is 19.5. The standard InChI is InChI=1S/C13H13Cl.2C13H15N.C12H12ClN.C11H14N2.CH4/c1-9(2)13-8-11(14)7-10-5-3-4-6-12(10)13;1-9(2)11-6-7-14-13-8-10(3)4-5-12(11)13;1-9(2)12-6-4-5-11-7-10(3)8-14-13(11)12;1-8(2)11-7-10(13)6-9-4-3-5-14-12(9)11;1-8(2)9-4-5-11-10(6-9)7-12-13(11)3;/h3-9H,1-2H3;2*4-9H,1-3H3;3-8H,1-2H3;4-8H,1-3H3;1H4. The third-order valence-electron chi connectivity index (χ3n) is 12.3. The number of aromatic nitrogens is 5. The third-order valence-corrected chi connectivity index (χ3v) is 12.7. The number of aryl methyl sites for hydroxylation is 3. The van der Waals surface area contributed by atoms with Gasteiger partial charge in [0.05, 0.1) is 28.3 Å². The Morgan fingerprint density at radius 1 is 0.429 bits per heavy atom. The van der Waals surface area contributed by atoms with Crippen LogP contribution in [0.4, 0.5) is 0 Å². The van der Waals surface area contributed by atoms with E-state index < -0.39 is 0 Å². The highest BCUT2D eigenvalue weighted by atomic mass is 35.5. The summed E-state index contributed by atoms with van der Waals surface area (Å²) in [7, 11) is 1.97. The quantitative estimate of drug-likeness (QED) is 0.172. The predicted octanol–water partition coefficient (Wildman–Crippen LogP) is 19.3. The normalized spacial score (nSPS) is 11.0. The number of halogens is 2. The van der Waals surface area contributed by atoms with E-state index in [1.165, 1.54) is 71.4 Å². The Kier molecular flexibility index (Phi) is 19.7. The maximum atomic E-state index is 6.07. The highest BCUT2D eigenvalue weighted by molar-refractivity contribution is 6.31. The molecule has 0 aliphatic rings. The number of benzene rings is 6. The lowest BCUT2D eigenvalue weighted by Crippen LogP contribution is -1.91. The van der Waals surface area contributed by atoms with Crippen LogP contribution >= 0.6 is 23.2 Å². The zero-order valence-corrected chi connectivity index (χ0v) is 44.3. The number of pyridine rings is 3. The van der Waals surface area contributed by atoms with Crippen LogP contribution in [0.15, 0.2) is 152 Å². The Balaban J connectivity index is 0.000000162. The van der Waals surface area contributed by atoms with Gasteiger partial charge in [-0.1, -0.05) is 167 Å². The van der Waals surface area contributed by atoms with E-state index in [1.807, 2.05) is 72.9 Å². The maximum Gasteiger partial charge on any atom is 0.0737 e. The van der Waals surface area contributed by atoms with Crippen molar-refractivity contribution in [3.63, 3.8) is 0 Å². The van der Waals surface area contributed by atoms with Crippen LogP contribution in [0.25, 0.3) is 54.4 Å². The first-order chi connectivity index (χ1) is 32.9. The molecule has 0 fully saturated rings. The molecule has 0 unspecified atom stereocenters. The van der Waals surface area contributed by atoms with E-state index in [2.05, 4.69) is 194 Å². The summed E-state index contributed by atoms with van der Waals surface area (Å²) in [6.07, 6.45) is 7.58. The van der Waals surface area contributed by atoms with Crippen LogP contribution in [0.1, 0.15) is 145 Å². The molecule has 0 aliphatic heterocycles. The molecule has 364 valence electrons. The molecular weight excluding hydrogens is 898 g/mol. The summed E-state index contributed by atoms with van der Waals surface area (Å²) >= 11 is 12.1. The number of fused-ring (bicyclic) bond motifs is 5. The number of rotatable bonds is 5. The minimum absolute atomic E-state index is 0. The van der Waals surface area contributed by atoms with E-state index in [0.717, 1.165) is 32.0 Å². The fraction of sp³-hybridized carbons (Fsp3) is 0.302. The van der Waals surface area contributed by atoms with E-state index >= 15 is 0 Å². The van der Waals surface area contributed by atoms with Gasteiger partial charge in [0.15, 0.2) is 0 Å². The molecule has 5 nitrogen and oxygen atoms in total. The summed E-state index contributed by atoms with van der Waals surface area (Å²) in [6.45, 7) is 26.1. The first kappa shape index (κ1) is 54.8. The van der Waals surface area contributed by atoms with E-state index in [1.54, 1.807) is 0 Å². The van der Waals surface area contributed by atoms with Gasteiger partial charge >= 0.3 is 0 Å². The zero-order valence-electron chi connectivity index (χ0n) is 42.8. The molecule has 0 bridgehead atoms. The Bertz CT molecular complexity index is 3080. The SMILES string of the molecule is C.CC(C)c1cc(Cl)cc2ccccc12.CC(C)c1cc(Cl)cc2cccnc12.CC(C)c1ccc2c(cnn2C)c1.Cc1ccc2c(C(C)C)ccnc2c1.Cc1cnc2c(C(C)C)cccc2c1. The Morgan fingerprint density at radius 2 is 1.04 bits per heavy atom. The molecular formula is C63H73Cl2N5.